The molecule has 6 N–H and O–H groups in total. The second kappa shape index (κ2) is 7.44. The Morgan fingerprint density at radius 3 is 2.68 bits per heavy atom. The zero-order chi connectivity index (χ0) is 19.7. The quantitative estimate of drug-likeness (QED) is 0.630. The van der Waals surface area contributed by atoms with Gasteiger partial charge in [0.1, 0.15) is 11.4 Å². The van der Waals surface area contributed by atoms with Gasteiger partial charge in [-0.25, -0.2) is 9.66 Å². The number of halogens is 1. The molecule has 1 atom stereocenters. The Morgan fingerprint density at radius 1 is 1.29 bits per heavy atom. The van der Waals surface area contributed by atoms with Crippen molar-refractivity contribution in [3.63, 3.8) is 0 Å². The van der Waals surface area contributed by atoms with E-state index < -0.39 is 11.6 Å². The Morgan fingerprint density at radius 2 is 2.00 bits per heavy atom. The number of nitrogens with two attached hydrogens (primary N) is 2. The molecule has 28 heavy (non-hydrogen) atoms. The second-order valence-corrected chi connectivity index (χ2v) is 7.54. The van der Waals surface area contributed by atoms with Crippen molar-refractivity contribution >= 4 is 11.4 Å². The number of anilines is 1. The molecule has 1 fully saturated rings. The van der Waals surface area contributed by atoms with Crippen LogP contribution in [0.2, 0.25) is 0 Å². The summed E-state index contributed by atoms with van der Waals surface area (Å²) in [6, 6.07) is 7.82. The number of rotatable bonds is 5. The van der Waals surface area contributed by atoms with Crippen LogP contribution in [0, 0.1) is 11.9 Å². The Hall–Kier alpha value is -2.58. The maximum absolute atomic E-state index is 14.3. The van der Waals surface area contributed by atoms with Crippen LogP contribution < -0.4 is 26.9 Å². The minimum absolute atomic E-state index is 0.152. The number of ether oxygens (including phenoxy) is 1. The highest BCUT2D eigenvalue weighted by Gasteiger charge is 2.40. The van der Waals surface area contributed by atoms with Gasteiger partial charge in [-0.15, -0.1) is 0 Å². The minimum atomic E-state index is -0.887. The van der Waals surface area contributed by atoms with Crippen molar-refractivity contribution in [2.45, 2.75) is 44.3 Å². The average Bonchev–Trinajstić information content (AvgIpc) is 3.05. The summed E-state index contributed by atoms with van der Waals surface area (Å²) in [6.45, 7) is 2.56. The lowest BCUT2D eigenvalue weighted by atomic mass is 9.78. The summed E-state index contributed by atoms with van der Waals surface area (Å²) in [5.41, 5.74) is 16.5. The van der Waals surface area contributed by atoms with E-state index in [0.29, 0.717) is 18.1 Å². The summed E-state index contributed by atoms with van der Waals surface area (Å²) in [4.78, 5) is 4.20. The van der Waals surface area contributed by atoms with Crippen LogP contribution in [0.5, 0.6) is 5.75 Å². The highest BCUT2D eigenvalue weighted by molar-refractivity contribution is 5.76. The molecule has 150 valence electrons. The molecule has 2 aliphatic rings. The van der Waals surface area contributed by atoms with E-state index in [9.17, 15) is 4.39 Å². The lowest BCUT2D eigenvalue weighted by Crippen LogP contribution is -2.59. The van der Waals surface area contributed by atoms with Gasteiger partial charge in [0.15, 0.2) is 5.82 Å². The number of nitrogens with zero attached hydrogens (tertiary/aromatic N) is 2. The molecular weight excluding hydrogens is 359 g/mol. The van der Waals surface area contributed by atoms with Crippen molar-refractivity contribution < 1.29 is 9.13 Å². The topological polar surface area (TPSA) is 103 Å². The third kappa shape index (κ3) is 3.57. The van der Waals surface area contributed by atoms with Crippen LogP contribution in [0.4, 0.5) is 10.1 Å². The van der Waals surface area contributed by atoms with Gasteiger partial charge in [-0.05, 0) is 62.9 Å². The van der Waals surface area contributed by atoms with E-state index in [1.807, 2.05) is 37.3 Å². The molecule has 2 aromatic rings. The van der Waals surface area contributed by atoms with Crippen molar-refractivity contribution in [3.8, 4) is 5.75 Å². The number of benzene rings is 1. The van der Waals surface area contributed by atoms with E-state index in [0.717, 1.165) is 37.1 Å². The standard InChI is InChI=1S/C20H27FN6O/c1-2-28-16-9-7-15(8-10-16)25-17-11-20(23,13-3-5-14(22)6-4-13)26-27-18(21)12-24-19(17)27/h7-14,25-26H,2-6,22-23H2,1H3. The van der Waals surface area contributed by atoms with Crippen LogP contribution >= 0.6 is 0 Å². The predicted molar refractivity (Wildman–Crippen MR) is 108 cm³/mol. The molecule has 8 heteroatoms. The van der Waals surface area contributed by atoms with Gasteiger partial charge in [-0.3, -0.25) is 5.43 Å². The summed E-state index contributed by atoms with van der Waals surface area (Å²) in [5, 5.41) is 3.33. The number of hydrogen-bond acceptors (Lipinski definition) is 6. The molecule has 7 nitrogen and oxygen atoms in total. The fourth-order valence-electron chi connectivity index (χ4n) is 4.01. The third-order valence-corrected chi connectivity index (χ3v) is 5.54. The van der Waals surface area contributed by atoms with E-state index in [-0.39, 0.29) is 12.0 Å². The first-order valence-electron chi connectivity index (χ1n) is 9.77. The van der Waals surface area contributed by atoms with Crippen molar-refractivity contribution in [2.75, 3.05) is 17.3 Å². The maximum atomic E-state index is 14.3. The van der Waals surface area contributed by atoms with Crippen LogP contribution in [0.1, 0.15) is 38.4 Å². The molecule has 1 aromatic carbocycles. The molecule has 1 unspecified atom stereocenters. The normalized spacial score (nSPS) is 26.8. The van der Waals surface area contributed by atoms with Crippen molar-refractivity contribution in [1.29, 1.82) is 0 Å². The average molecular weight is 386 g/mol. The monoisotopic (exact) mass is 386 g/mol. The minimum Gasteiger partial charge on any atom is -0.494 e. The van der Waals surface area contributed by atoms with Gasteiger partial charge in [0.05, 0.1) is 18.5 Å². The third-order valence-electron chi connectivity index (χ3n) is 5.54. The summed E-state index contributed by atoms with van der Waals surface area (Å²) in [7, 11) is 0. The number of hydrogen-bond donors (Lipinski definition) is 4. The van der Waals surface area contributed by atoms with Crippen LogP contribution in [-0.2, 0) is 0 Å². The van der Waals surface area contributed by atoms with E-state index in [1.54, 1.807) is 0 Å². The van der Waals surface area contributed by atoms with E-state index in [2.05, 4.69) is 15.7 Å². The summed E-state index contributed by atoms with van der Waals surface area (Å²) in [6.07, 6.45) is 6.73. The van der Waals surface area contributed by atoms with Crippen LogP contribution in [0.15, 0.2) is 36.5 Å². The van der Waals surface area contributed by atoms with E-state index in [4.69, 9.17) is 16.2 Å². The lowest BCUT2D eigenvalue weighted by molar-refractivity contribution is 0.235. The van der Waals surface area contributed by atoms with Gasteiger partial charge >= 0.3 is 0 Å². The molecule has 0 bridgehead atoms. The lowest BCUT2D eigenvalue weighted by Gasteiger charge is -2.42. The molecule has 0 spiro atoms. The van der Waals surface area contributed by atoms with Crippen LogP contribution in [0.25, 0.3) is 5.70 Å². The van der Waals surface area contributed by atoms with Gasteiger partial charge in [0.25, 0.3) is 0 Å². The molecule has 1 aliphatic heterocycles. The Labute approximate surface area is 163 Å². The van der Waals surface area contributed by atoms with Gasteiger partial charge < -0.3 is 21.5 Å². The Kier molecular flexibility index (Phi) is 4.99. The number of fused-ring (bicyclic) bond motifs is 1. The Bertz CT molecular complexity index is 856. The number of nitrogens with one attached hydrogen (secondary N) is 2. The predicted octanol–water partition coefficient (Wildman–Crippen LogP) is 2.60. The first kappa shape index (κ1) is 18.8. The zero-order valence-electron chi connectivity index (χ0n) is 16.0. The van der Waals surface area contributed by atoms with Crippen LogP contribution in [-0.4, -0.2) is 28.0 Å². The van der Waals surface area contributed by atoms with Gasteiger partial charge in [0, 0.05) is 17.6 Å². The van der Waals surface area contributed by atoms with Crippen molar-refractivity contribution in [2.24, 2.45) is 17.4 Å². The number of imidazole rings is 1. The highest BCUT2D eigenvalue weighted by atomic mass is 19.1. The van der Waals surface area contributed by atoms with Gasteiger partial charge in [-0.2, -0.15) is 4.39 Å². The van der Waals surface area contributed by atoms with Gasteiger partial charge in [-0.1, -0.05) is 0 Å². The SMILES string of the molecule is CCOc1ccc(NC2=CC(N)(C3CCC(N)CC3)Nn3c(F)cnc32)cc1. The molecule has 4 rings (SSSR count). The number of aromatic nitrogens is 2. The first-order chi connectivity index (χ1) is 13.5. The van der Waals surface area contributed by atoms with E-state index >= 15 is 0 Å². The fourth-order valence-corrected chi connectivity index (χ4v) is 4.01. The zero-order valence-corrected chi connectivity index (χ0v) is 16.0. The Balaban J connectivity index is 1.63. The van der Waals surface area contributed by atoms with E-state index in [1.165, 1.54) is 10.9 Å². The summed E-state index contributed by atoms with van der Waals surface area (Å²) >= 11 is 0. The smallest absolute Gasteiger partial charge is 0.232 e. The fraction of sp³-hybridized carbons (Fsp3) is 0.450. The molecule has 1 aromatic heterocycles. The highest BCUT2D eigenvalue weighted by Crippen LogP contribution is 2.35. The molecule has 1 saturated carbocycles. The molecular formula is C20H27FN6O. The second-order valence-electron chi connectivity index (χ2n) is 7.54. The molecule has 1 aliphatic carbocycles. The molecule has 0 saturated heterocycles. The molecule has 0 radical (unpaired) electrons. The van der Waals surface area contributed by atoms with Crippen molar-refractivity contribution in [1.82, 2.24) is 9.66 Å². The van der Waals surface area contributed by atoms with Crippen molar-refractivity contribution in [3.05, 3.63) is 48.3 Å². The summed E-state index contributed by atoms with van der Waals surface area (Å²) in [5.74, 6) is 0.933. The van der Waals surface area contributed by atoms with Gasteiger partial charge in [0.2, 0.25) is 5.95 Å². The maximum Gasteiger partial charge on any atom is 0.232 e. The first-order valence-corrected chi connectivity index (χ1v) is 9.77. The largest absolute Gasteiger partial charge is 0.494 e. The summed E-state index contributed by atoms with van der Waals surface area (Å²) < 4.78 is 21.2. The van der Waals surface area contributed by atoms with Crippen LogP contribution in [0.3, 0.4) is 0 Å². The molecule has 2 heterocycles. The molecule has 0 amide bonds.